The SMILES string of the molecule is Cc1cc(-c2cc(-c3ccccc3)cc(N(CCc3ccccc3)Cc3ccccc3)n2)ccc1O. The van der Waals surface area contributed by atoms with Crippen LogP contribution in [0.2, 0.25) is 0 Å². The summed E-state index contributed by atoms with van der Waals surface area (Å²) in [4.78, 5) is 7.52. The average Bonchev–Trinajstić information content (AvgIpc) is 2.94. The molecule has 0 saturated heterocycles. The molecule has 0 aliphatic rings. The number of benzene rings is 4. The first-order chi connectivity index (χ1) is 17.7. The van der Waals surface area contributed by atoms with Crippen LogP contribution in [0, 0.1) is 6.92 Å². The highest BCUT2D eigenvalue weighted by atomic mass is 16.3. The van der Waals surface area contributed by atoms with E-state index >= 15 is 0 Å². The van der Waals surface area contributed by atoms with Crippen molar-refractivity contribution >= 4 is 5.82 Å². The maximum atomic E-state index is 10.1. The minimum Gasteiger partial charge on any atom is -0.508 e. The molecule has 1 N–H and O–H groups in total. The molecular weight excluding hydrogens is 440 g/mol. The summed E-state index contributed by atoms with van der Waals surface area (Å²) in [5.41, 5.74) is 7.56. The van der Waals surface area contributed by atoms with Gasteiger partial charge in [-0.1, -0.05) is 91.0 Å². The highest BCUT2D eigenvalue weighted by molar-refractivity contribution is 5.74. The van der Waals surface area contributed by atoms with Crippen LogP contribution in [0.25, 0.3) is 22.4 Å². The van der Waals surface area contributed by atoms with Gasteiger partial charge in [0.1, 0.15) is 11.6 Å². The third-order valence-corrected chi connectivity index (χ3v) is 6.46. The van der Waals surface area contributed by atoms with Gasteiger partial charge in [0, 0.05) is 18.7 Å². The van der Waals surface area contributed by atoms with Crippen LogP contribution in [0.4, 0.5) is 5.82 Å². The van der Waals surface area contributed by atoms with E-state index in [1.807, 2.05) is 25.1 Å². The number of rotatable bonds is 8. The summed E-state index contributed by atoms with van der Waals surface area (Å²) in [5, 5.41) is 10.1. The van der Waals surface area contributed by atoms with Crippen LogP contribution in [0.5, 0.6) is 5.75 Å². The highest BCUT2D eigenvalue weighted by Crippen LogP contribution is 2.32. The molecule has 0 amide bonds. The van der Waals surface area contributed by atoms with E-state index in [0.717, 1.165) is 53.3 Å². The molecule has 0 aliphatic carbocycles. The van der Waals surface area contributed by atoms with Crippen molar-refractivity contribution in [2.24, 2.45) is 0 Å². The molecule has 178 valence electrons. The van der Waals surface area contributed by atoms with Gasteiger partial charge in [0.2, 0.25) is 0 Å². The summed E-state index contributed by atoms with van der Waals surface area (Å²) >= 11 is 0. The van der Waals surface area contributed by atoms with Gasteiger partial charge in [0.05, 0.1) is 5.69 Å². The first-order valence-corrected chi connectivity index (χ1v) is 12.4. The lowest BCUT2D eigenvalue weighted by molar-refractivity contribution is 0.471. The number of hydrogen-bond donors (Lipinski definition) is 1. The molecule has 0 bridgehead atoms. The molecule has 0 spiro atoms. The molecule has 4 aromatic carbocycles. The largest absolute Gasteiger partial charge is 0.508 e. The van der Waals surface area contributed by atoms with Crippen LogP contribution in [-0.2, 0) is 13.0 Å². The number of phenols is 1. The van der Waals surface area contributed by atoms with E-state index in [2.05, 4.69) is 102 Å². The number of aryl methyl sites for hydroxylation is 1. The fourth-order valence-electron chi connectivity index (χ4n) is 4.43. The van der Waals surface area contributed by atoms with Gasteiger partial charge in [-0.3, -0.25) is 0 Å². The van der Waals surface area contributed by atoms with Crippen LogP contribution in [0.15, 0.2) is 121 Å². The van der Waals surface area contributed by atoms with Crippen LogP contribution in [-0.4, -0.2) is 16.6 Å². The number of aromatic hydroxyl groups is 1. The first kappa shape index (κ1) is 23.4. The topological polar surface area (TPSA) is 36.4 Å². The van der Waals surface area contributed by atoms with Crippen LogP contribution in [0.1, 0.15) is 16.7 Å². The Bertz CT molecular complexity index is 1420. The minimum absolute atomic E-state index is 0.298. The van der Waals surface area contributed by atoms with E-state index in [4.69, 9.17) is 4.98 Å². The van der Waals surface area contributed by atoms with Crippen molar-refractivity contribution in [3.8, 4) is 28.1 Å². The molecule has 5 rings (SSSR count). The summed E-state index contributed by atoms with van der Waals surface area (Å²) in [7, 11) is 0. The number of pyridine rings is 1. The molecule has 3 nitrogen and oxygen atoms in total. The summed E-state index contributed by atoms with van der Waals surface area (Å²) in [6.07, 6.45) is 0.929. The Hall–Kier alpha value is -4.37. The standard InChI is InChI=1S/C33H30N2O/c1-25-21-29(17-18-32(25)36)31-22-30(28-15-9-4-10-16-28)23-33(34-31)35(24-27-13-7-3-8-14-27)20-19-26-11-5-2-6-12-26/h2-18,21-23,36H,19-20,24H2,1H3. The monoisotopic (exact) mass is 470 g/mol. The van der Waals surface area contributed by atoms with E-state index in [1.54, 1.807) is 6.07 Å². The Labute approximate surface area is 213 Å². The van der Waals surface area contributed by atoms with Crippen LogP contribution < -0.4 is 4.90 Å². The molecule has 3 heteroatoms. The second-order valence-electron chi connectivity index (χ2n) is 9.11. The number of nitrogens with zero attached hydrogens (tertiary/aromatic N) is 2. The maximum Gasteiger partial charge on any atom is 0.130 e. The lowest BCUT2D eigenvalue weighted by Crippen LogP contribution is -2.26. The lowest BCUT2D eigenvalue weighted by atomic mass is 10.0. The Balaban J connectivity index is 1.59. The Morgan fingerprint density at radius 3 is 1.94 bits per heavy atom. The minimum atomic E-state index is 0.298. The maximum absolute atomic E-state index is 10.1. The molecule has 1 heterocycles. The van der Waals surface area contributed by atoms with E-state index < -0.39 is 0 Å². The van der Waals surface area contributed by atoms with Crippen molar-refractivity contribution in [1.82, 2.24) is 4.98 Å². The number of hydrogen-bond acceptors (Lipinski definition) is 3. The molecule has 1 aromatic heterocycles. The predicted molar refractivity (Wildman–Crippen MR) is 149 cm³/mol. The van der Waals surface area contributed by atoms with E-state index in [0.29, 0.717) is 5.75 Å². The van der Waals surface area contributed by atoms with Gasteiger partial charge < -0.3 is 10.0 Å². The smallest absolute Gasteiger partial charge is 0.130 e. The molecule has 5 aromatic rings. The van der Waals surface area contributed by atoms with Crippen molar-refractivity contribution in [3.63, 3.8) is 0 Å². The fraction of sp³-hybridized carbons (Fsp3) is 0.121. The third kappa shape index (κ3) is 5.64. The quantitative estimate of drug-likeness (QED) is 0.253. The second-order valence-corrected chi connectivity index (χ2v) is 9.11. The first-order valence-electron chi connectivity index (χ1n) is 12.4. The van der Waals surface area contributed by atoms with Gasteiger partial charge in [0.15, 0.2) is 0 Å². The normalized spacial score (nSPS) is 10.8. The van der Waals surface area contributed by atoms with Gasteiger partial charge >= 0.3 is 0 Å². The van der Waals surface area contributed by atoms with Crippen molar-refractivity contribution in [1.29, 1.82) is 0 Å². The number of anilines is 1. The van der Waals surface area contributed by atoms with Gasteiger partial charge in [-0.2, -0.15) is 0 Å². The molecular formula is C33H30N2O. The Morgan fingerprint density at radius 1 is 0.639 bits per heavy atom. The molecule has 0 radical (unpaired) electrons. The molecule has 0 unspecified atom stereocenters. The predicted octanol–water partition coefficient (Wildman–Crippen LogP) is 7.68. The highest BCUT2D eigenvalue weighted by Gasteiger charge is 2.14. The summed E-state index contributed by atoms with van der Waals surface area (Å²) in [5.74, 6) is 1.24. The number of aromatic nitrogens is 1. The second kappa shape index (κ2) is 10.9. The zero-order valence-corrected chi connectivity index (χ0v) is 20.5. The van der Waals surface area contributed by atoms with Gasteiger partial charge in [0.25, 0.3) is 0 Å². The van der Waals surface area contributed by atoms with Crippen molar-refractivity contribution in [3.05, 3.63) is 138 Å². The molecule has 0 atom stereocenters. The van der Waals surface area contributed by atoms with Crippen molar-refractivity contribution in [2.75, 3.05) is 11.4 Å². The zero-order valence-electron chi connectivity index (χ0n) is 20.5. The molecule has 0 aliphatic heterocycles. The Morgan fingerprint density at radius 2 is 1.28 bits per heavy atom. The molecule has 0 fully saturated rings. The van der Waals surface area contributed by atoms with Crippen molar-refractivity contribution in [2.45, 2.75) is 19.9 Å². The van der Waals surface area contributed by atoms with E-state index in [-0.39, 0.29) is 0 Å². The Kier molecular flexibility index (Phi) is 7.09. The third-order valence-electron chi connectivity index (χ3n) is 6.46. The van der Waals surface area contributed by atoms with Crippen LogP contribution >= 0.6 is 0 Å². The fourth-order valence-corrected chi connectivity index (χ4v) is 4.43. The van der Waals surface area contributed by atoms with Crippen LogP contribution in [0.3, 0.4) is 0 Å². The van der Waals surface area contributed by atoms with E-state index in [9.17, 15) is 5.11 Å². The summed E-state index contributed by atoms with van der Waals surface area (Å²) in [6.45, 7) is 3.54. The average molecular weight is 471 g/mol. The van der Waals surface area contributed by atoms with Gasteiger partial charge in [-0.05, 0) is 71.5 Å². The zero-order chi connectivity index (χ0) is 24.7. The molecule has 36 heavy (non-hydrogen) atoms. The van der Waals surface area contributed by atoms with Gasteiger partial charge in [-0.15, -0.1) is 0 Å². The molecule has 0 saturated carbocycles. The van der Waals surface area contributed by atoms with E-state index in [1.165, 1.54) is 11.1 Å². The summed E-state index contributed by atoms with van der Waals surface area (Å²) in [6, 6.07) is 41.6. The number of phenolic OH excluding ortho intramolecular Hbond substituents is 1. The van der Waals surface area contributed by atoms with Crippen molar-refractivity contribution < 1.29 is 5.11 Å². The lowest BCUT2D eigenvalue weighted by Gasteiger charge is -2.25. The van der Waals surface area contributed by atoms with Gasteiger partial charge in [-0.25, -0.2) is 4.98 Å². The summed E-state index contributed by atoms with van der Waals surface area (Å²) < 4.78 is 0.